The molecule has 170 valence electrons. The number of likely N-dealkylation sites (N-methyl/N-ethyl adjacent to an activating group) is 1. The van der Waals surface area contributed by atoms with E-state index in [4.69, 9.17) is 16.6 Å². The standard InChI is InChI=1S/C6H12N2O2.C5H10N2O2.C3H7NO.C3H6O2/c1-5(9)3-8-6(10)4-7-2;1-4(8)3-7-5(9)2-6;1-3(5)2-4;1-2-3(4)5/h7H,3-4H2,1-2H3,(H,8,10);2-3,6H2,1H3,(H,7,9);2,4H2,1H3;2H2,1H3,(H,4,5). The lowest BCUT2D eigenvalue weighted by Gasteiger charge is -1.99. The van der Waals surface area contributed by atoms with Gasteiger partial charge in [-0.15, -0.1) is 0 Å². The molecule has 0 saturated carbocycles. The maximum Gasteiger partial charge on any atom is 0.303 e. The van der Waals surface area contributed by atoms with Crippen molar-refractivity contribution in [2.24, 2.45) is 11.5 Å². The molecule has 0 aliphatic heterocycles. The summed E-state index contributed by atoms with van der Waals surface area (Å²) in [5, 5.41) is 15.1. The minimum atomic E-state index is -0.745. The van der Waals surface area contributed by atoms with Crippen LogP contribution in [0.1, 0.15) is 34.1 Å². The predicted octanol–water partition coefficient (Wildman–Crippen LogP) is -2.42. The van der Waals surface area contributed by atoms with Crippen molar-refractivity contribution in [3.8, 4) is 0 Å². The van der Waals surface area contributed by atoms with Gasteiger partial charge < -0.3 is 32.5 Å². The van der Waals surface area contributed by atoms with Crippen LogP contribution in [-0.2, 0) is 28.8 Å². The lowest BCUT2D eigenvalue weighted by Crippen LogP contribution is -2.34. The molecule has 8 N–H and O–H groups in total. The minimum Gasteiger partial charge on any atom is -0.481 e. The minimum absolute atomic E-state index is 0.0324. The number of nitrogens with one attached hydrogen (secondary N) is 3. The molecule has 0 unspecified atom stereocenters. The monoisotopic (exact) mass is 421 g/mol. The van der Waals surface area contributed by atoms with Crippen LogP contribution < -0.4 is 27.4 Å². The maximum absolute atomic E-state index is 10.6. The predicted molar refractivity (Wildman–Crippen MR) is 108 cm³/mol. The van der Waals surface area contributed by atoms with Crippen LogP contribution in [0.4, 0.5) is 0 Å². The summed E-state index contributed by atoms with van der Waals surface area (Å²) in [6.45, 7) is 6.45. The number of carboxylic acid groups (broad SMARTS) is 1. The zero-order chi connectivity index (χ0) is 23.8. The molecule has 0 bridgehead atoms. The largest absolute Gasteiger partial charge is 0.481 e. The van der Waals surface area contributed by atoms with Crippen LogP contribution in [0.5, 0.6) is 0 Å². The summed E-state index contributed by atoms with van der Waals surface area (Å²) in [7, 11) is 1.67. The van der Waals surface area contributed by atoms with Gasteiger partial charge in [-0.3, -0.25) is 28.8 Å². The molecule has 0 saturated heterocycles. The molecule has 0 radical (unpaired) electrons. The summed E-state index contributed by atoms with van der Waals surface area (Å²) in [5.74, 6) is -1.28. The van der Waals surface area contributed by atoms with E-state index in [0.717, 1.165) is 0 Å². The quantitative estimate of drug-likeness (QED) is 0.232. The summed E-state index contributed by atoms with van der Waals surface area (Å²) in [6, 6.07) is 0. The summed E-state index contributed by atoms with van der Waals surface area (Å²) >= 11 is 0. The zero-order valence-corrected chi connectivity index (χ0v) is 17.8. The van der Waals surface area contributed by atoms with Gasteiger partial charge in [-0.1, -0.05) is 6.92 Å². The van der Waals surface area contributed by atoms with Crippen molar-refractivity contribution in [1.29, 1.82) is 0 Å². The second-order valence-electron chi connectivity index (χ2n) is 5.35. The molecule has 29 heavy (non-hydrogen) atoms. The van der Waals surface area contributed by atoms with Crippen molar-refractivity contribution in [3.63, 3.8) is 0 Å². The van der Waals surface area contributed by atoms with Gasteiger partial charge in [0.05, 0.1) is 32.7 Å². The number of carboxylic acids is 1. The van der Waals surface area contributed by atoms with E-state index in [2.05, 4.69) is 16.0 Å². The Hall–Kier alpha value is -2.70. The molecule has 0 aliphatic carbocycles. The Morgan fingerprint density at radius 1 is 0.724 bits per heavy atom. The second-order valence-corrected chi connectivity index (χ2v) is 5.35. The Morgan fingerprint density at radius 2 is 1.07 bits per heavy atom. The second kappa shape index (κ2) is 25.3. The van der Waals surface area contributed by atoms with Crippen molar-refractivity contribution >= 4 is 35.1 Å². The molecule has 0 rings (SSSR count). The van der Waals surface area contributed by atoms with Crippen molar-refractivity contribution < 1.29 is 33.9 Å². The summed E-state index contributed by atoms with van der Waals surface area (Å²) in [5.41, 5.74) is 9.76. The Labute approximate surface area is 171 Å². The molecule has 0 fully saturated rings. The summed E-state index contributed by atoms with van der Waals surface area (Å²) in [6.07, 6.45) is 0.222. The highest BCUT2D eigenvalue weighted by molar-refractivity contribution is 5.85. The van der Waals surface area contributed by atoms with E-state index in [-0.39, 0.29) is 68.3 Å². The average Bonchev–Trinajstić information content (AvgIpc) is 2.65. The number of rotatable bonds is 9. The van der Waals surface area contributed by atoms with Crippen molar-refractivity contribution in [3.05, 3.63) is 0 Å². The van der Waals surface area contributed by atoms with E-state index >= 15 is 0 Å². The van der Waals surface area contributed by atoms with Crippen LogP contribution in [0.15, 0.2) is 0 Å². The zero-order valence-electron chi connectivity index (χ0n) is 17.8. The van der Waals surface area contributed by atoms with Crippen LogP contribution in [0.3, 0.4) is 0 Å². The molecular weight excluding hydrogens is 386 g/mol. The average molecular weight is 421 g/mol. The molecule has 0 aromatic heterocycles. The Bertz CT molecular complexity index is 496. The third-order valence-electron chi connectivity index (χ3n) is 2.18. The van der Waals surface area contributed by atoms with E-state index in [1.165, 1.54) is 20.8 Å². The number of nitrogens with two attached hydrogens (primary N) is 2. The maximum atomic E-state index is 10.6. The van der Waals surface area contributed by atoms with Crippen LogP contribution in [0, 0.1) is 0 Å². The molecule has 0 spiro atoms. The van der Waals surface area contributed by atoms with Gasteiger partial charge in [0.1, 0.15) is 17.3 Å². The first-order valence-corrected chi connectivity index (χ1v) is 8.65. The van der Waals surface area contributed by atoms with Crippen LogP contribution in [0.2, 0.25) is 0 Å². The first-order valence-electron chi connectivity index (χ1n) is 8.65. The van der Waals surface area contributed by atoms with Crippen molar-refractivity contribution in [2.45, 2.75) is 34.1 Å². The van der Waals surface area contributed by atoms with Gasteiger partial charge in [0.2, 0.25) is 11.8 Å². The van der Waals surface area contributed by atoms with Crippen molar-refractivity contribution in [2.75, 3.05) is 39.8 Å². The van der Waals surface area contributed by atoms with E-state index < -0.39 is 5.97 Å². The van der Waals surface area contributed by atoms with Gasteiger partial charge >= 0.3 is 5.97 Å². The first kappa shape index (κ1) is 33.9. The van der Waals surface area contributed by atoms with Crippen LogP contribution in [0.25, 0.3) is 0 Å². The summed E-state index contributed by atoms with van der Waals surface area (Å²) in [4.78, 5) is 60.5. The van der Waals surface area contributed by atoms with Gasteiger partial charge in [0, 0.05) is 6.42 Å². The molecule has 12 nitrogen and oxygen atoms in total. The van der Waals surface area contributed by atoms with E-state index in [1.54, 1.807) is 14.0 Å². The smallest absolute Gasteiger partial charge is 0.303 e. The number of carbonyl (C=O) groups is 6. The normalized spacial score (nSPS) is 8.38. The van der Waals surface area contributed by atoms with E-state index in [1.807, 2.05) is 0 Å². The highest BCUT2D eigenvalue weighted by atomic mass is 16.4. The molecule has 2 amide bonds. The molecule has 0 aliphatic rings. The highest BCUT2D eigenvalue weighted by Crippen LogP contribution is 1.67. The van der Waals surface area contributed by atoms with Gasteiger partial charge in [-0.05, 0) is 27.8 Å². The lowest BCUT2D eigenvalue weighted by atomic mass is 10.4. The number of aliphatic carboxylic acids is 1. The molecular formula is C17H35N5O7. The van der Waals surface area contributed by atoms with Crippen LogP contribution in [-0.4, -0.2) is 80.0 Å². The molecule has 0 aromatic carbocycles. The van der Waals surface area contributed by atoms with Gasteiger partial charge in [-0.2, -0.15) is 0 Å². The lowest BCUT2D eigenvalue weighted by molar-refractivity contribution is -0.136. The SMILES string of the molecule is CC(=O)CN.CC(=O)CNC(=O)CN.CCC(=O)O.CNCC(=O)NCC(C)=O. The van der Waals surface area contributed by atoms with Gasteiger partial charge in [0.15, 0.2) is 0 Å². The number of hydrogen-bond acceptors (Lipinski definition) is 9. The first-order chi connectivity index (χ1) is 13.4. The Morgan fingerprint density at radius 3 is 1.28 bits per heavy atom. The number of ketones is 3. The highest BCUT2D eigenvalue weighted by Gasteiger charge is 1.98. The van der Waals surface area contributed by atoms with Crippen LogP contribution >= 0.6 is 0 Å². The Balaban J connectivity index is -0.000000151. The van der Waals surface area contributed by atoms with Crippen molar-refractivity contribution in [1.82, 2.24) is 16.0 Å². The third kappa shape index (κ3) is 51.7. The van der Waals surface area contributed by atoms with E-state index in [9.17, 15) is 28.8 Å². The fourth-order valence-corrected chi connectivity index (χ4v) is 0.741. The number of hydrogen-bond donors (Lipinski definition) is 6. The molecule has 0 heterocycles. The fraction of sp³-hybridized carbons (Fsp3) is 0.647. The fourth-order valence-electron chi connectivity index (χ4n) is 0.741. The number of amides is 2. The molecule has 0 atom stereocenters. The third-order valence-corrected chi connectivity index (χ3v) is 2.18. The van der Waals surface area contributed by atoms with Gasteiger partial charge in [-0.25, -0.2) is 0 Å². The number of carbonyl (C=O) groups excluding carboxylic acids is 5. The Kier molecular flexibility index (Phi) is 29.5. The summed E-state index contributed by atoms with van der Waals surface area (Å²) < 4.78 is 0. The molecule has 12 heteroatoms. The van der Waals surface area contributed by atoms with E-state index in [0.29, 0.717) is 0 Å². The number of Topliss-reactive ketones (excluding diaryl/α,β-unsaturated/α-hetero) is 3. The molecule has 0 aromatic rings. The van der Waals surface area contributed by atoms with Gasteiger partial charge in [0.25, 0.3) is 0 Å². The topological polar surface area (TPSA) is 211 Å².